The highest BCUT2D eigenvalue weighted by Gasteiger charge is 2.37. The summed E-state index contributed by atoms with van der Waals surface area (Å²) in [6.45, 7) is 11.2. The Bertz CT molecular complexity index is 1110. The van der Waals surface area contributed by atoms with Gasteiger partial charge in [0.25, 0.3) is 11.8 Å². The number of amides is 3. The first-order chi connectivity index (χ1) is 17.1. The highest BCUT2D eigenvalue weighted by molar-refractivity contribution is 6.30. The quantitative estimate of drug-likeness (QED) is 0.317. The van der Waals surface area contributed by atoms with Gasteiger partial charge in [-0.25, -0.2) is 19.6 Å². The molecule has 0 aliphatic carbocycles. The number of nitrogens with zero attached hydrogens (tertiary/aromatic N) is 2. The van der Waals surface area contributed by atoms with Gasteiger partial charge in [0.2, 0.25) is 0 Å². The average molecular weight is 532 g/mol. The summed E-state index contributed by atoms with van der Waals surface area (Å²) in [6.07, 6.45) is -0.790. The number of halogens is 1. The smallest absolute Gasteiger partial charge is 0.408 e. The molecule has 0 aliphatic heterocycles. The van der Waals surface area contributed by atoms with Crippen molar-refractivity contribution >= 4 is 35.5 Å². The number of benzene rings is 2. The van der Waals surface area contributed by atoms with Crippen LogP contribution in [0.4, 0.5) is 4.79 Å². The molecule has 0 saturated carbocycles. The molecule has 2 aromatic rings. The molecule has 9 nitrogen and oxygen atoms in total. The standard InChI is InChI=1S/C27H34ClN3O6/c1-18(29-25(35)37-27(5,6)7)24(34)36-17-30(22(32)20-13-15-21(28)16-14-20)31(26(2,3)4)23(33)19-11-9-8-10-12-19/h8-16,18H,17H2,1-7H3,(H,29,35). The molecule has 1 N–H and O–H groups in total. The number of carbonyl (C=O) groups excluding carboxylic acids is 4. The number of ether oxygens (including phenoxy) is 2. The van der Waals surface area contributed by atoms with Gasteiger partial charge in [-0.05, 0) is 84.9 Å². The van der Waals surface area contributed by atoms with Gasteiger partial charge in [-0.1, -0.05) is 29.8 Å². The van der Waals surface area contributed by atoms with Crippen molar-refractivity contribution in [3.05, 3.63) is 70.7 Å². The molecule has 0 aromatic heterocycles. The van der Waals surface area contributed by atoms with E-state index in [1.54, 1.807) is 84.0 Å². The topological polar surface area (TPSA) is 105 Å². The second-order valence-corrected chi connectivity index (χ2v) is 10.8. The van der Waals surface area contributed by atoms with Gasteiger partial charge in [0.1, 0.15) is 11.6 Å². The van der Waals surface area contributed by atoms with E-state index in [0.29, 0.717) is 10.6 Å². The van der Waals surface area contributed by atoms with Crippen LogP contribution in [0.15, 0.2) is 54.6 Å². The molecule has 0 radical (unpaired) electrons. The molecular formula is C27H34ClN3O6. The first-order valence-corrected chi connectivity index (χ1v) is 12.1. The van der Waals surface area contributed by atoms with Crippen LogP contribution in [0.5, 0.6) is 0 Å². The van der Waals surface area contributed by atoms with Crippen molar-refractivity contribution in [2.24, 2.45) is 0 Å². The van der Waals surface area contributed by atoms with Crippen molar-refractivity contribution in [1.82, 2.24) is 15.3 Å². The van der Waals surface area contributed by atoms with Gasteiger partial charge in [0, 0.05) is 16.1 Å². The number of esters is 1. The van der Waals surface area contributed by atoms with E-state index in [-0.39, 0.29) is 5.56 Å². The Hall–Kier alpha value is -3.59. The molecule has 3 amide bonds. The van der Waals surface area contributed by atoms with Crippen LogP contribution >= 0.6 is 11.6 Å². The molecule has 2 rings (SSSR count). The number of nitrogens with one attached hydrogen (secondary N) is 1. The summed E-state index contributed by atoms with van der Waals surface area (Å²) < 4.78 is 10.6. The van der Waals surface area contributed by atoms with Crippen LogP contribution in [0.2, 0.25) is 5.02 Å². The Balaban J connectivity index is 2.35. The second kappa shape index (κ2) is 12.1. The zero-order valence-electron chi connectivity index (χ0n) is 22.2. The minimum Gasteiger partial charge on any atom is -0.444 e. The van der Waals surface area contributed by atoms with Gasteiger partial charge in [-0.2, -0.15) is 0 Å². The molecule has 0 bridgehead atoms. The highest BCUT2D eigenvalue weighted by Crippen LogP contribution is 2.23. The zero-order valence-corrected chi connectivity index (χ0v) is 23.0. The normalized spacial score (nSPS) is 12.2. The fourth-order valence-corrected chi connectivity index (χ4v) is 3.35. The average Bonchev–Trinajstić information content (AvgIpc) is 2.79. The lowest BCUT2D eigenvalue weighted by Gasteiger charge is -2.43. The van der Waals surface area contributed by atoms with E-state index in [2.05, 4.69) is 5.32 Å². The molecular weight excluding hydrogens is 498 g/mol. The number of rotatable bonds is 6. The molecule has 1 atom stereocenters. The molecule has 1 unspecified atom stereocenters. The minimum absolute atomic E-state index is 0.232. The predicted molar refractivity (Wildman–Crippen MR) is 140 cm³/mol. The summed E-state index contributed by atoms with van der Waals surface area (Å²) in [4.78, 5) is 51.9. The molecule has 2 aromatic carbocycles. The van der Waals surface area contributed by atoms with Gasteiger partial charge in [0.05, 0.1) is 5.54 Å². The van der Waals surface area contributed by atoms with Crippen LogP contribution in [0.25, 0.3) is 0 Å². The maximum absolute atomic E-state index is 13.6. The van der Waals surface area contributed by atoms with Crippen molar-refractivity contribution in [3.63, 3.8) is 0 Å². The van der Waals surface area contributed by atoms with Gasteiger partial charge in [-0.3, -0.25) is 9.59 Å². The van der Waals surface area contributed by atoms with Crippen LogP contribution < -0.4 is 5.32 Å². The Morgan fingerprint density at radius 2 is 1.41 bits per heavy atom. The van der Waals surface area contributed by atoms with E-state index in [9.17, 15) is 19.2 Å². The van der Waals surface area contributed by atoms with E-state index in [4.69, 9.17) is 21.1 Å². The first kappa shape index (κ1) is 29.6. The lowest BCUT2D eigenvalue weighted by molar-refractivity contribution is -0.158. The molecule has 0 fully saturated rings. The van der Waals surface area contributed by atoms with Crippen molar-refractivity contribution in [2.45, 2.75) is 65.6 Å². The Morgan fingerprint density at radius 3 is 1.92 bits per heavy atom. The van der Waals surface area contributed by atoms with Crippen LogP contribution in [0.1, 0.15) is 69.2 Å². The van der Waals surface area contributed by atoms with Crippen LogP contribution in [0.3, 0.4) is 0 Å². The SMILES string of the molecule is CC(NC(=O)OC(C)(C)C)C(=O)OCN(C(=O)c1ccc(Cl)cc1)N(C(=O)c1ccccc1)C(C)(C)C. The largest absolute Gasteiger partial charge is 0.444 e. The van der Waals surface area contributed by atoms with E-state index in [0.717, 1.165) is 5.01 Å². The maximum Gasteiger partial charge on any atom is 0.408 e. The predicted octanol–water partition coefficient (Wildman–Crippen LogP) is 5.05. The van der Waals surface area contributed by atoms with Gasteiger partial charge in [-0.15, -0.1) is 0 Å². The monoisotopic (exact) mass is 531 g/mol. The van der Waals surface area contributed by atoms with E-state index < -0.39 is 47.8 Å². The Kier molecular flexibility index (Phi) is 9.69. The maximum atomic E-state index is 13.6. The molecule has 0 aliphatic rings. The Labute approximate surface area is 222 Å². The van der Waals surface area contributed by atoms with Crippen LogP contribution in [-0.4, -0.2) is 57.8 Å². The van der Waals surface area contributed by atoms with Gasteiger partial charge in [0.15, 0.2) is 6.73 Å². The minimum atomic E-state index is -1.07. The van der Waals surface area contributed by atoms with Crippen LogP contribution in [0, 0.1) is 0 Å². The molecule has 37 heavy (non-hydrogen) atoms. The van der Waals surface area contributed by atoms with Crippen molar-refractivity contribution in [3.8, 4) is 0 Å². The first-order valence-electron chi connectivity index (χ1n) is 11.7. The number of carbonyl (C=O) groups is 4. The van der Waals surface area contributed by atoms with E-state index >= 15 is 0 Å². The third-order valence-corrected chi connectivity index (χ3v) is 5.08. The molecule has 0 heterocycles. The molecule has 0 spiro atoms. The summed E-state index contributed by atoms with van der Waals surface area (Å²) in [5.41, 5.74) is -1.06. The number of hydrogen-bond donors (Lipinski definition) is 1. The molecule has 200 valence electrons. The van der Waals surface area contributed by atoms with Crippen molar-refractivity contribution in [1.29, 1.82) is 0 Å². The van der Waals surface area contributed by atoms with E-state index in [1.807, 2.05) is 0 Å². The molecule has 0 saturated heterocycles. The highest BCUT2D eigenvalue weighted by atomic mass is 35.5. The van der Waals surface area contributed by atoms with E-state index in [1.165, 1.54) is 24.1 Å². The fourth-order valence-electron chi connectivity index (χ4n) is 3.22. The van der Waals surface area contributed by atoms with Crippen molar-refractivity contribution in [2.75, 3.05) is 6.73 Å². The third-order valence-electron chi connectivity index (χ3n) is 4.83. The molecule has 10 heteroatoms. The summed E-state index contributed by atoms with van der Waals surface area (Å²) in [5, 5.41) is 5.15. The lowest BCUT2D eigenvalue weighted by atomic mass is 10.1. The summed E-state index contributed by atoms with van der Waals surface area (Å²) in [6, 6.07) is 13.5. The summed E-state index contributed by atoms with van der Waals surface area (Å²) >= 11 is 5.98. The summed E-state index contributed by atoms with van der Waals surface area (Å²) in [7, 11) is 0. The number of hydrogen-bond acceptors (Lipinski definition) is 6. The third kappa shape index (κ3) is 8.78. The Morgan fingerprint density at radius 1 is 0.865 bits per heavy atom. The number of alkyl carbamates (subject to hydrolysis) is 1. The van der Waals surface area contributed by atoms with Crippen molar-refractivity contribution < 1.29 is 28.7 Å². The number of hydrazine groups is 1. The van der Waals surface area contributed by atoms with Crippen LogP contribution in [-0.2, 0) is 14.3 Å². The zero-order chi connectivity index (χ0) is 28.0. The van der Waals surface area contributed by atoms with Gasteiger partial charge < -0.3 is 14.8 Å². The lowest BCUT2D eigenvalue weighted by Crippen LogP contribution is -2.59. The second-order valence-electron chi connectivity index (χ2n) is 10.3. The summed E-state index contributed by atoms with van der Waals surface area (Å²) in [5.74, 6) is -1.87. The van der Waals surface area contributed by atoms with Gasteiger partial charge >= 0.3 is 12.1 Å². The fraction of sp³-hybridized carbons (Fsp3) is 0.407.